The second kappa shape index (κ2) is 4.77. The van der Waals surface area contributed by atoms with E-state index in [-0.39, 0.29) is 0 Å². The lowest BCUT2D eigenvalue weighted by Crippen LogP contribution is -2.26. The van der Waals surface area contributed by atoms with Crippen molar-refractivity contribution in [3.8, 4) is 0 Å². The molecular formula is C13H22N4. The molecule has 1 aromatic heterocycles. The minimum atomic E-state index is 0.406. The van der Waals surface area contributed by atoms with Crippen molar-refractivity contribution in [1.82, 2.24) is 15.2 Å². The number of nitrogens with zero attached hydrogens (tertiary/aromatic N) is 2. The van der Waals surface area contributed by atoms with Crippen LogP contribution in [0.25, 0.3) is 0 Å². The molecule has 2 aliphatic carbocycles. The fourth-order valence-corrected chi connectivity index (χ4v) is 3.23. The van der Waals surface area contributed by atoms with E-state index >= 15 is 0 Å². The largest absolute Gasteiger partial charge is 0.328 e. The summed E-state index contributed by atoms with van der Waals surface area (Å²) in [4.78, 5) is 4.73. The highest BCUT2D eigenvalue weighted by atomic mass is 15.2. The molecule has 1 aromatic rings. The average molecular weight is 234 g/mol. The normalized spacial score (nSPS) is 30.9. The Hall–Kier alpha value is -0.900. The van der Waals surface area contributed by atoms with Crippen LogP contribution >= 0.6 is 0 Å². The van der Waals surface area contributed by atoms with E-state index in [2.05, 4.69) is 10.2 Å². The van der Waals surface area contributed by atoms with Crippen LogP contribution in [0.3, 0.4) is 0 Å². The van der Waals surface area contributed by atoms with E-state index in [0.29, 0.717) is 17.9 Å². The molecule has 17 heavy (non-hydrogen) atoms. The summed E-state index contributed by atoms with van der Waals surface area (Å²) in [6.07, 6.45) is 9.81. The van der Waals surface area contributed by atoms with Crippen LogP contribution in [0.15, 0.2) is 0 Å². The van der Waals surface area contributed by atoms with E-state index in [0.717, 1.165) is 24.5 Å². The molecule has 3 rings (SSSR count). The molecule has 0 amide bonds. The monoisotopic (exact) mass is 234 g/mol. The van der Waals surface area contributed by atoms with Gasteiger partial charge in [0.25, 0.3) is 0 Å². The predicted octanol–water partition coefficient (Wildman–Crippen LogP) is 2.45. The summed E-state index contributed by atoms with van der Waals surface area (Å²) in [5.74, 6) is 3.36. The number of nitrogens with one attached hydrogen (secondary N) is 1. The maximum absolute atomic E-state index is 5.93. The minimum Gasteiger partial charge on any atom is -0.328 e. The molecule has 0 bridgehead atoms. The molecule has 4 nitrogen and oxygen atoms in total. The van der Waals surface area contributed by atoms with Crippen LogP contribution < -0.4 is 5.73 Å². The molecule has 2 aliphatic rings. The summed E-state index contributed by atoms with van der Waals surface area (Å²) >= 11 is 0. The van der Waals surface area contributed by atoms with Crippen LogP contribution in [-0.4, -0.2) is 21.2 Å². The van der Waals surface area contributed by atoms with Gasteiger partial charge in [-0.25, -0.2) is 4.98 Å². The molecule has 0 radical (unpaired) electrons. The van der Waals surface area contributed by atoms with Gasteiger partial charge < -0.3 is 5.73 Å². The molecule has 0 aliphatic heterocycles. The Kier molecular flexibility index (Phi) is 3.14. The molecule has 2 saturated carbocycles. The van der Waals surface area contributed by atoms with Gasteiger partial charge in [0, 0.05) is 17.9 Å². The van der Waals surface area contributed by atoms with Gasteiger partial charge in [-0.1, -0.05) is 12.8 Å². The molecule has 0 atom stereocenters. The lowest BCUT2D eigenvalue weighted by Gasteiger charge is -2.24. The van der Waals surface area contributed by atoms with Crippen molar-refractivity contribution in [3.63, 3.8) is 0 Å². The summed E-state index contributed by atoms with van der Waals surface area (Å²) in [5.41, 5.74) is 5.93. The molecule has 0 aromatic carbocycles. The van der Waals surface area contributed by atoms with Crippen LogP contribution in [0.4, 0.5) is 0 Å². The summed E-state index contributed by atoms with van der Waals surface area (Å²) in [6.45, 7) is 0. The number of nitrogens with two attached hydrogens (primary N) is 1. The smallest absolute Gasteiger partial charge is 0.153 e. The van der Waals surface area contributed by atoms with Crippen molar-refractivity contribution in [2.24, 2.45) is 5.73 Å². The Morgan fingerprint density at radius 2 is 1.65 bits per heavy atom. The second-order valence-electron chi connectivity index (χ2n) is 5.67. The van der Waals surface area contributed by atoms with Gasteiger partial charge in [0.05, 0.1) is 0 Å². The molecule has 3 N–H and O–H groups in total. The van der Waals surface area contributed by atoms with Crippen molar-refractivity contribution >= 4 is 0 Å². The molecule has 0 unspecified atom stereocenters. The SMILES string of the molecule is NC1CCC(c2nc(C3CCCC3)n[nH]2)CC1. The van der Waals surface area contributed by atoms with Gasteiger partial charge in [-0.2, -0.15) is 5.10 Å². The van der Waals surface area contributed by atoms with Crippen molar-refractivity contribution in [2.75, 3.05) is 0 Å². The van der Waals surface area contributed by atoms with Gasteiger partial charge >= 0.3 is 0 Å². The van der Waals surface area contributed by atoms with Crippen LogP contribution in [-0.2, 0) is 0 Å². The predicted molar refractivity (Wildman–Crippen MR) is 66.8 cm³/mol. The van der Waals surface area contributed by atoms with Gasteiger partial charge in [0.2, 0.25) is 0 Å². The Labute approximate surface area is 102 Å². The third-order valence-corrected chi connectivity index (χ3v) is 4.40. The summed E-state index contributed by atoms with van der Waals surface area (Å²) in [5, 5.41) is 7.59. The Balaban J connectivity index is 1.67. The number of H-pyrrole nitrogens is 1. The number of hydrogen-bond acceptors (Lipinski definition) is 3. The van der Waals surface area contributed by atoms with Crippen LogP contribution in [0, 0.1) is 0 Å². The molecule has 0 saturated heterocycles. The van der Waals surface area contributed by atoms with Gasteiger partial charge in [-0.05, 0) is 38.5 Å². The fourth-order valence-electron chi connectivity index (χ4n) is 3.23. The standard InChI is InChI=1S/C13H22N4/c14-11-7-5-10(6-8-11)13-15-12(16-17-13)9-3-1-2-4-9/h9-11H,1-8,14H2,(H,15,16,17). The molecule has 1 heterocycles. The van der Waals surface area contributed by atoms with E-state index in [1.165, 1.54) is 38.5 Å². The van der Waals surface area contributed by atoms with E-state index in [9.17, 15) is 0 Å². The zero-order valence-electron chi connectivity index (χ0n) is 10.4. The third kappa shape index (κ3) is 2.37. The van der Waals surface area contributed by atoms with E-state index in [4.69, 9.17) is 10.7 Å². The Morgan fingerprint density at radius 1 is 0.941 bits per heavy atom. The van der Waals surface area contributed by atoms with Crippen molar-refractivity contribution in [3.05, 3.63) is 11.6 Å². The average Bonchev–Trinajstić information content (AvgIpc) is 3.00. The fraction of sp³-hybridized carbons (Fsp3) is 0.846. The third-order valence-electron chi connectivity index (χ3n) is 4.40. The Morgan fingerprint density at radius 3 is 2.35 bits per heavy atom. The zero-order valence-corrected chi connectivity index (χ0v) is 10.4. The van der Waals surface area contributed by atoms with Gasteiger partial charge in [-0.15, -0.1) is 0 Å². The van der Waals surface area contributed by atoms with Crippen molar-refractivity contribution in [1.29, 1.82) is 0 Å². The molecule has 2 fully saturated rings. The first kappa shape index (κ1) is 11.2. The van der Waals surface area contributed by atoms with E-state index in [1.807, 2.05) is 0 Å². The first-order valence-electron chi connectivity index (χ1n) is 7.00. The summed E-state index contributed by atoms with van der Waals surface area (Å²) in [7, 11) is 0. The van der Waals surface area contributed by atoms with Gasteiger partial charge in [0.1, 0.15) is 5.82 Å². The lowest BCUT2D eigenvalue weighted by molar-refractivity contribution is 0.385. The zero-order chi connectivity index (χ0) is 11.7. The van der Waals surface area contributed by atoms with E-state index in [1.54, 1.807) is 0 Å². The van der Waals surface area contributed by atoms with Crippen molar-refractivity contribution in [2.45, 2.75) is 69.2 Å². The quantitative estimate of drug-likeness (QED) is 0.826. The Bertz CT molecular complexity index is 359. The number of aromatic amines is 1. The maximum atomic E-state index is 5.93. The molecular weight excluding hydrogens is 212 g/mol. The number of hydrogen-bond donors (Lipinski definition) is 2. The number of aromatic nitrogens is 3. The second-order valence-corrected chi connectivity index (χ2v) is 5.67. The van der Waals surface area contributed by atoms with Crippen molar-refractivity contribution < 1.29 is 0 Å². The highest BCUT2D eigenvalue weighted by Gasteiger charge is 2.25. The summed E-state index contributed by atoms with van der Waals surface area (Å²) < 4.78 is 0. The highest BCUT2D eigenvalue weighted by molar-refractivity contribution is 5.04. The van der Waals surface area contributed by atoms with Gasteiger partial charge in [0.15, 0.2) is 5.82 Å². The van der Waals surface area contributed by atoms with Gasteiger partial charge in [-0.3, -0.25) is 5.10 Å². The topological polar surface area (TPSA) is 67.6 Å². The maximum Gasteiger partial charge on any atom is 0.153 e. The van der Waals surface area contributed by atoms with Crippen LogP contribution in [0.2, 0.25) is 0 Å². The minimum absolute atomic E-state index is 0.406. The highest BCUT2D eigenvalue weighted by Crippen LogP contribution is 2.34. The molecule has 94 valence electrons. The first-order chi connectivity index (χ1) is 8.33. The lowest BCUT2D eigenvalue weighted by atomic mass is 9.86. The summed E-state index contributed by atoms with van der Waals surface area (Å²) in [6, 6.07) is 0.406. The van der Waals surface area contributed by atoms with Crippen LogP contribution in [0.1, 0.15) is 74.9 Å². The van der Waals surface area contributed by atoms with Crippen LogP contribution in [0.5, 0.6) is 0 Å². The first-order valence-corrected chi connectivity index (χ1v) is 7.00. The van der Waals surface area contributed by atoms with E-state index < -0.39 is 0 Å². The molecule has 4 heteroatoms. The number of rotatable bonds is 2. The molecule has 0 spiro atoms.